The molecule has 3 aromatic rings. The molecule has 0 amide bonds. The van der Waals surface area contributed by atoms with Gasteiger partial charge in [0.1, 0.15) is 5.52 Å². The zero-order valence-corrected chi connectivity index (χ0v) is 16.7. The van der Waals surface area contributed by atoms with E-state index in [0.717, 1.165) is 72.8 Å². The number of fused-ring (bicyclic) bond motifs is 1. The van der Waals surface area contributed by atoms with Gasteiger partial charge in [-0.25, -0.2) is 9.78 Å². The number of carbonyl (C=O) groups is 1. The van der Waals surface area contributed by atoms with Crippen molar-refractivity contribution >= 4 is 28.8 Å². The van der Waals surface area contributed by atoms with Crippen molar-refractivity contribution < 1.29 is 14.3 Å². The minimum atomic E-state index is -0.862. The summed E-state index contributed by atoms with van der Waals surface area (Å²) >= 11 is 1.61. The first-order chi connectivity index (χ1) is 13.7. The van der Waals surface area contributed by atoms with Crippen LogP contribution in [0.15, 0.2) is 57.8 Å². The molecule has 2 aromatic carbocycles. The Labute approximate surface area is 169 Å². The summed E-state index contributed by atoms with van der Waals surface area (Å²) in [5.74, 6) is 0.876. The lowest BCUT2D eigenvalue weighted by Crippen LogP contribution is -2.17. The van der Waals surface area contributed by atoms with Gasteiger partial charge in [-0.1, -0.05) is 30.7 Å². The molecule has 0 fully saturated rings. The van der Waals surface area contributed by atoms with Gasteiger partial charge in [0.25, 0.3) is 0 Å². The second kappa shape index (κ2) is 10.9. The Balaban J connectivity index is 1.22. The molecule has 0 atom stereocenters. The molecule has 2 N–H and O–H groups in total. The highest BCUT2D eigenvalue weighted by Gasteiger charge is 2.08. The van der Waals surface area contributed by atoms with Crippen LogP contribution >= 0.6 is 11.8 Å². The van der Waals surface area contributed by atoms with E-state index in [9.17, 15) is 9.90 Å². The SMILES string of the molecule is O=C(O)c1ccccc1SCCCNCCCCCc1nc2ccccc2o1. The van der Waals surface area contributed by atoms with Crippen molar-refractivity contribution in [2.75, 3.05) is 18.8 Å². The van der Waals surface area contributed by atoms with Crippen molar-refractivity contribution in [2.45, 2.75) is 37.0 Å². The molecule has 28 heavy (non-hydrogen) atoms. The van der Waals surface area contributed by atoms with Gasteiger partial charge < -0.3 is 14.8 Å². The van der Waals surface area contributed by atoms with Crippen molar-refractivity contribution in [2.24, 2.45) is 0 Å². The Bertz CT molecular complexity index is 861. The van der Waals surface area contributed by atoms with E-state index < -0.39 is 5.97 Å². The predicted molar refractivity (Wildman–Crippen MR) is 113 cm³/mol. The topological polar surface area (TPSA) is 75.4 Å². The highest BCUT2D eigenvalue weighted by Crippen LogP contribution is 2.23. The smallest absolute Gasteiger partial charge is 0.336 e. The number of aromatic carboxylic acids is 1. The molecule has 0 saturated carbocycles. The van der Waals surface area contributed by atoms with E-state index in [2.05, 4.69) is 10.3 Å². The third-order valence-electron chi connectivity index (χ3n) is 4.46. The number of carboxylic acids is 1. The molecule has 0 aliphatic rings. The molecule has 148 valence electrons. The zero-order chi connectivity index (χ0) is 19.6. The Morgan fingerprint density at radius 1 is 1.00 bits per heavy atom. The van der Waals surface area contributed by atoms with Crippen LogP contribution in [0.4, 0.5) is 0 Å². The van der Waals surface area contributed by atoms with Crippen LogP contribution in [0.1, 0.15) is 41.9 Å². The first kappa shape index (κ1) is 20.4. The van der Waals surface area contributed by atoms with Crippen molar-refractivity contribution in [1.29, 1.82) is 0 Å². The van der Waals surface area contributed by atoms with Crippen LogP contribution in [0.2, 0.25) is 0 Å². The largest absolute Gasteiger partial charge is 0.478 e. The van der Waals surface area contributed by atoms with Crippen molar-refractivity contribution in [1.82, 2.24) is 10.3 Å². The molecule has 6 heteroatoms. The van der Waals surface area contributed by atoms with Crippen LogP contribution in [-0.4, -0.2) is 34.9 Å². The van der Waals surface area contributed by atoms with Crippen LogP contribution in [-0.2, 0) is 6.42 Å². The first-order valence-electron chi connectivity index (χ1n) is 9.74. The fourth-order valence-corrected chi connectivity index (χ4v) is 4.00. The summed E-state index contributed by atoms with van der Waals surface area (Å²) in [6.07, 6.45) is 5.26. The molecule has 0 aliphatic heterocycles. The number of unbranched alkanes of at least 4 members (excludes halogenated alkanes) is 2. The quantitative estimate of drug-likeness (QED) is 0.330. The Morgan fingerprint density at radius 3 is 2.64 bits per heavy atom. The number of para-hydroxylation sites is 2. The fourth-order valence-electron chi connectivity index (χ4n) is 3.00. The van der Waals surface area contributed by atoms with Gasteiger partial charge in [0.05, 0.1) is 5.56 Å². The Morgan fingerprint density at radius 2 is 1.79 bits per heavy atom. The molecule has 1 aromatic heterocycles. The fraction of sp³-hybridized carbons (Fsp3) is 0.364. The van der Waals surface area contributed by atoms with Gasteiger partial charge >= 0.3 is 5.97 Å². The standard InChI is InChI=1S/C22H26N2O3S/c25-22(26)17-9-3-6-12-20(17)28-16-8-15-23-14-7-1-2-13-21-24-18-10-4-5-11-19(18)27-21/h3-6,9-12,23H,1-2,7-8,13-16H2,(H,25,26). The maximum atomic E-state index is 11.2. The van der Waals surface area contributed by atoms with Gasteiger partial charge in [-0.3, -0.25) is 0 Å². The van der Waals surface area contributed by atoms with Crippen molar-refractivity contribution in [3.63, 3.8) is 0 Å². The van der Waals surface area contributed by atoms with Crippen LogP contribution in [0.3, 0.4) is 0 Å². The van der Waals surface area contributed by atoms with Crippen molar-refractivity contribution in [3.8, 4) is 0 Å². The van der Waals surface area contributed by atoms with E-state index >= 15 is 0 Å². The average molecular weight is 399 g/mol. The number of benzene rings is 2. The van der Waals surface area contributed by atoms with Gasteiger partial charge in [-0.05, 0) is 62.4 Å². The first-order valence-corrected chi connectivity index (χ1v) is 10.7. The van der Waals surface area contributed by atoms with Crippen LogP contribution in [0.5, 0.6) is 0 Å². The summed E-state index contributed by atoms with van der Waals surface area (Å²) in [5, 5.41) is 12.6. The number of aromatic nitrogens is 1. The van der Waals surface area contributed by atoms with E-state index in [1.807, 2.05) is 36.4 Å². The average Bonchev–Trinajstić information content (AvgIpc) is 3.12. The molecule has 0 saturated heterocycles. The predicted octanol–water partition coefficient (Wildman–Crippen LogP) is 5.01. The third-order valence-corrected chi connectivity index (χ3v) is 5.62. The summed E-state index contributed by atoms with van der Waals surface area (Å²) in [5.41, 5.74) is 2.19. The molecular formula is C22H26N2O3S. The molecule has 0 spiro atoms. The van der Waals surface area contributed by atoms with Gasteiger partial charge in [0.2, 0.25) is 0 Å². The van der Waals surface area contributed by atoms with E-state index in [1.165, 1.54) is 0 Å². The lowest BCUT2D eigenvalue weighted by molar-refractivity contribution is 0.0693. The van der Waals surface area contributed by atoms with E-state index in [1.54, 1.807) is 23.9 Å². The van der Waals surface area contributed by atoms with Crippen LogP contribution in [0, 0.1) is 0 Å². The van der Waals surface area contributed by atoms with Gasteiger partial charge in [-0.15, -0.1) is 11.8 Å². The number of rotatable bonds is 12. The molecule has 1 heterocycles. The monoisotopic (exact) mass is 398 g/mol. The number of hydrogen-bond donors (Lipinski definition) is 2. The summed E-state index contributed by atoms with van der Waals surface area (Å²) in [7, 11) is 0. The molecule has 0 unspecified atom stereocenters. The number of thioether (sulfide) groups is 1. The Kier molecular flexibility index (Phi) is 7.94. The number of hydrogen-bond acceptors (Lipinski definition) is 5. The zero-order valence-electron chi connectivity index (χ0n) is 15.9. The highest BCUT2D eigenvalue weighted by molar-refractivity contribution is 7.99. The molecule has 0 radical (unpaired) electrons. The second-order valence-corrected chi connectivity index (χ2v) is 7.78. The Hall–Kier alpha value is -2.31. The third kappa shape index (κ3) is 6.11. The lowest BCUT2D eigenvalue weighted by Gasteiger charge is -2.06. The normalized spacial score (nSPS) is 11.1. The molecule has 0 aliphatic carbocycles. The van der Waals surface area contributed by atoms with E-state index in [-0.39, 0.29) is 0 Å². The minimum absolute atomic E-state index is 0.388. The van der Waals surface area contributed by atoms with Gasteiger partial charge in [0, 0.05) is 11.3 Å². The van der Waals surface area contributed by atoms with Crippen LogP contribution < -0.4 is 5.32 Å². The molecular weight excluding hydrogens is 372 g/mol. The van der Waals surface area contributed by atoms with Crippen LogP contribution in [0.25, 0.3) is 11.1 Å². The highest BCUT2D eigenvalue weighted by atomic mass is 32.2. The number of nitrogens with one attached hydrogen (secondary N) is 1. The van der Waals surface area contributed by atoms with E-state index in [4.69, 9.17) is 4.42 Å². The lowest BCUT2D eigenvalue weighted by atomic mass is 10.2. The number of nitrogens with zero attached hydrogens (tertiary/aromatic N) is 1. The summed E-state index contributed by atoms with van der Waals surface area (Å²) in [6.45, 7) is 1.96. The maximum absolute atomic E-state index is 11.2. The van der Waals surface area contributed by atoms with Crippen molar-refractivity contribution in [3.05, 3.63) is 60.0 Å². The second-order valence-electron chi connectivity index (χ2n) is 6.64. The number of aryl methyl sites for hydroxylation is 1. The summed E-state index contributed by atoms with van der Waals surface area (Å²) < 4.78 is 5.73. The molecule has 0 bridgehead atoms. The molecule has 5 nitrogen and oxygen atoms in total. The number of carboxylic acid groups (broad SMARTS) is 1. The van der Waals surface area contributed by atoms with Gasteiger partial charge in [0.15, 0.2) is 11.5 Å². The summed E-state index contributed by atoms with van der Waals surface area (Å²) in [4.78, 5) is 16.5. The van der Waals surface area contributed by atoms with Gasteiger partial charge in [-0.2, -0.15) is 0 Å². The summed E-state index contributed by atoms with van der Waals surface area (Å²) in [6, 6.07) is 15.0. The number of oxazole rings is 1. The molecule has 3 rings (SSSR count). The maximum Gasteiger partial charge on any atom is 0.336 e. The van der Waals surface area contributed by atoms with E-state index in [0.29, 0.717) is 5.56 Å². The minimum Gasteiger partial charge on any atom is -0.478 e.